The summed E-state index contributed by atoms with van der Waals surface area (Å²) in [6.45, 7) is 2.33. The lowest BCUT2D eigenvalue weighted by atomic mass is 10.00. The number of benzene rings is 1. The lowest BCUT2D eigenvalue weighted by Gasteiger charge is -2.15. The van der Waals surface area contributed by atoms with E-state index in [-0.39, 0.29) is 11.7 Å². The normalized spacial score (nSPS) is 12.6. The van der Waals surface area contributed by atoms with Crippen molar-refractivity contribution >= 4 is 11.6 Å². The van der Waals surface area contributed by atoms with Gasteiger partial charge in [0.1, 0.15) is 0 Å². The number of aromatic hydroxyl groups is 1. The van der Waals surface area contributed by atoms with Crippen LogP contribution < -0.4 is 10.5 Å². The van der Waals surface area contributed by atoms with Gasteiger partial charge in [-0.15, -0.1) is 0 Å². The molecule has 0 saturated heterocycles. The van der Waals surface area contributed by atoms with E-state index in [0.29, 0.717) is 22.9 Å². The largest absolute Gasteiger partial charge is 0.504 e. The van der Waals surface area contributed by atoms with E-state index in [4.69, 9.17) is 22.1 Å². The molecule has 0 spiro atoms. The summed E-state index contributed by atoms with van der Waals surface area (Å²) in [7, 11) is 1.50. The molecule has 1 aromatic rings. The summed E-state index contributed by atoms with van der Waals surface area (Å²) in [5.74, 6) is 0.514. The average Bonchev–Trinajstić information content (AvgIpc) is 2.18. The van der Waals surface area contributed by atoms with E-state index in [1.165, 1.54) is 7.11 Å². The predicted octanol–water partition coefficient (Wildman–Crippen LogP) is 2.12. The van der Waals surface area contributed by atoms with Crippen LogP contribution in [0.25, 0.3) is 0 Å². The fourth-order valence-electron chi connectivity index (χ4n) is 1.31. The number of nitrogens with two attached hydrogens (primary N) is 1. The molecule has 0 fully saturated rings. The van der Waals surface area contributed by atoms with Crippen LogP contribution in [0.3, 0.4) is 0 Å². The van der Waals surface area contributed by atoms with Crippen molar-refractivity contribution in [1.29, 1.82) is 0 Å². The number of hydrogen-bond donors (Lipinski definition) is 2. The van der Waals surface area contributed by atoms with Gasteiger partial charge in [-0.05, 0) is 24.6 Å². The third-order valence-corrected chi connectivity index (χ3v) is 2.52. The quantitative estimate of drug-likeness (QED) is 0.812. The summed E-state index contributed by atoms with van der Waals surface area (Å²) < 4.78 is 4.99. The van der Waals surface area contributed by atoms with Crippen molar-refractivity contribution in [3.8, 4) is 11.5 Å². The molecule has 1 atom stereocenters. The second kappa shape index (κ2) is 4.53. The van der Waals surface area contributed by atoms with E-state index in [0.717, 1.165) is 0 Å². The zero-order chi connectivity index (χ0) is 10.7. The highest BCUT2D eigenvalue weighted by molar-refractivity contribution is 6.31. The first-order valence-electron chi connectivity index (χ1n) is 4.37. The second-order valence-electron chi connectivity index (χ2n) is 3.15. The third kappa shape index (κ3) is 1.94. The minimum absolute atomic E-state index is 0.0117. The van der Waals surface area contributed by atoms with Crippen LogP contribution >= 0.6 is 11.6 Å². The van der Waals surface area contributed by atoms with Gasteiger partial charge in [0.05, 0.1) is 7.11 Å². The Morgan fingerprint density at radius 2 is 2.21 bits per heavy atom. The fourth-order valence-corrected chi connectivity index (χ4v) is 1.65. The van der Waals surface area contributed by atoms with Gasteiger partial charge in [0.25, 0.3) is 0 Å². The summed E-state index contributed by atoms with van der Waals surface area (Å²) in [6, 6.07) is 3.33. The zero-order valence-electron chi connectivity index (χ0n) is 8.25. The lowest BCUT2D eigenvalue weighted by molar-refractivity contribution is 0.369. The molecule has 0 aliphatic heterocycles. The Morgan fingerprint density at radius 3 is 2.71 bits per heavy atom. The molecule has 1 rings (SSSR count). The molecular weight excluding hydrogens is 202 g/mol. The van der Waals surface area contributed by atoms with Crippen molar-refractivity contribution in [2.45, 2.75) is 12.8 Å². The van der Waals surface area contributed by atoms with Crippen molar-refractivity contribution in [1.82, 2.24) is 0 Å². The maximum absolute atomic E-state index is 9.81. The van der Waals surface area contributed by atoms with E-state index in [2.05, 4.69) is 0 Å². The molecule has 0 heterocycles. The number of methoxy groups -OCH3 is 1. The van der Waals surface area contributed by atoms with Gasteiger partial charge in [0, 0.05) is 10.6 Å². The van der Waals surface area contributed by atoms with Gasteiger partial charge in [-0.2, -0.15) is 0 Å². The van der Waals surface area contributed by atoms with Crippen LogP contribution in [0.5, 0.6) is 11.5 Å². The first kappa shape index (κ1) is 11.1. The minimum atomic E-state index is 0.0117. The van der Waals surface area contributed by atoms with Crippen LogP contribution in [0.4, 0.5) is 0 Å². The van der Waals surface area contributed by atoms with Crippen LogP contribution in [-0.2, 0) is 0 Å². The lowest BCUT2D eigenvalue weighted by Crippen LogP contribution is -2.09. The van der Waals surface area contributed by atoms with Crippen molar-refractivity contribution in [3.05, 3.63) is 22.7 Å². The van der Waals surface area contributed by atoms with Crippen molar-refractivity contribution in [3.63, 3.8) is 0 Å². The van der Waals surface area contributed by atoms with Gasteiger partial charge >= 0.3 is 0 Å². The van der Waals surface area contributed by atoms with Crippen molar-refractivity contribution in [2.75, 3.05) is 13.7 Å². The molecule has 14 heavy (non-hydrogen) atoms. The standard InChI is InChI=1S/C10H14ClNO2/c1-6(5-12)9-7(11)3-4-8(14-2)10(9)13/h3-4,6,13H,5,12H2,1-2H3. The maximum atomic E-state index is 9.81. The molecule has 78 valence electrons. The highest BCUT2D eigenvalue weighted by atomic mass is 35.5. The first-order valence-corrected chi connectivity index (χ1v) is 4.75. The number of phenolic OH excluding ortho intramolecular Hbond substituents is 1. The highest BCUT2D eigenvalue weighted by Crippen LogP contribution is 2.38. The summed E-state index contributed by atoms with van der Waals surface area (Å²) in [6.07, 6.45) is 0. The number of rotatable bonds is 3. The predicted molar refractivity (Wildman–Crippen MR) is 57.1 cm³/mol. The van der Waals surface area contributed by atoms with Gasteiger partial charge in [0.2, 0.25) is 0 Å². The highest BCUT2D eigenvalue weighted by Gasteiger charge is 2.16. The SMILES string of the molecule is COc1ccc(Cl)c(C(C)CN)c1O. The van der Waals surface area contributed by atoms with Gasteiger partial charge < -0.3 is 15.6 Å². The smallest absolute Gasteiger partial charge is 0.162 e. The van der Waals surface area contributed by atoms with Gasteiger partial charge in [-0.25, -0.2) is 0 Å². The monoisotopic (exact) mass is 215 g/mol. The molecular formula is C10H14ClNO2. The Bertz CT molecular complexity index is 328. The summed E-state index contributed by atoms with van der Waals surface area (Å²) >= 11 is 5.96. The number of halogens is 1. The molecule has 0 aliphatic rings. The number of phenols is 1. The molecule has 4 heteroatoms. The van der Waals surface area contributed by atoms with Crippen LogP contribution in [0.1, 0.15) is 18.4 Å². The molecule has 0 aliphatic carbocycles. The Kier molecular flexibility index (Phi) is 3.61. The van der Waals surface area contributed by atoms with E-state index in [9.17, 15) is 5.11 Å². The zero-order valence-corrected chi connectivity index (χ0v) is 9.01. The van der Waals surface area contributed by atoms with E-state index in [1.807, 2.05) is 6.92 Å². The molecule has 3 nitrogen and oxygen atoms in total. The van der Waals surface area contributed by atoms with Crippen molar-refractivity contribution < 1.29 is 9.84 Å². The van der Waals surface area contributed by atoms with Crippen LogP contribution in [-0.4, -0.2) is 18.8 Å². The molecule has 1 unspecified atom stereocenters. The summed E-state index contributed by atoms with van der Waals surface area (Å²) in [5.41, 5.74) is 6.17. The molecule has 0 bridgehead atoms. The molecule has 0 saturated carbocycles. The van der Waals surface area contributed by atoms with E-state index >= 15 is 0 Å². The molecule has 0 aromatic heterocycles. The maximum Gasteiger partial charge on any atom is 0.162 e. The average molecular weight is 216 g/mol. The van der Waals surface area contributed by atoms with Gasteiger partial charge in [-0.3, -0.25) is 0 Å². The Morgan fingerprint density at radius 1 is 1.57 bits per heavy atom. The second-order valence-corrected chi connectivity index (χ2v) is 3.56. The van der Waals surface area contributed by atoms with Gasteiger partial charge in [-0.1, -0.05) is 18.5 Å². The summed E-state index contributed by atoms with van der Waals surface area (Å²) in [4.78, 5) is 0. The Hall–Kier alpha value is -0.930. The van der Waals surface area contributed by atoms with Crippen LogP contribution in [0, 0.1) is 0 Å². The van der Waals surface area contributed by atoms with Crippen LogP contribution in [0.2, 0.25) is 5.02 Å². The fraction of sp³-hybridized carbons (Fsp3) is 0.400. The van der Waals surface area contributed by atoms with Gasteiger partial charge in [0.15, 0.2) is 11.5 Å². The Labute approximate surface area is 88.4 Å². The first-order chi connectivity index (χ1) is 6.61. The molecule has 0 radical (unpaired) electrons. The molecule has 1 aromatic carbocycles. The van der Waals surface area contributed by atoms with Crippen LogP contribution in [0.15, 0.2) is 12.1 Å². The minimum Gasteiger partial charge on any atom is -0.504 e. The topological polar surface area (TPSA) is 55.5 Å². The van der Waals surface area contributed by atoms with E-state index in [1.54, 1.807) is 12.1 Å². The molecule has 0 amide bonds. The number of hydrogen-bond acceptors (Lipinski definition) is 3. The number of ether oxygens (including phenoxy) is 1. The molecule has 3 N–H and O–H groups in total. The van der Waals surface area contributed by atoms with E-state index < -0.39 is 0 Å². The Balaban J connectivity index is 3.25. The van der Waals surface area contributed by atoms with Crippen molar-refractivity contribution in [2.24, 2.45) is 5.73 Å². The summed E-state index contributed by atoms with van der Waals surface area (Å²) in [5, 5.41) is 10.3. The third-order valence-electron chi connectivity index (χ3n) is 2.19.